The Morgan fingerprint density at radius 3 is 2.78 bits per heavy atom. The van der Waals surface area contributed by atoms with Gasteiger partial charge < -0.3 is 10.2 Å². The van der Waals surface area contributed by atoms with Crippen molar-refractivity contribution in [2.75, 3.05) is 13.7 Å². The summed E-state index contributed by atoms with van der Waals surface area (Å²) in [5.41, 5.74) is 0. The third kappa shape index (κ3) is 5.02. The van der Waals surface area contributed by atoms with Gasteiger partial charge in [0.1, 0.15) is 6.61 Å². The first-order chi connectivity index (χ1) is 4.16. The Bertz CT molecular complexity index is 95.8. The maximum atomic E-state index is 9.58. The highest BCUT2D eigenvalue weighted by Crippen LogP contribution is 1.81. The molecule has 0 saturated heterocycles. The molecule has 0 radical (unpaired) electrons. The van der Waals surface area contributed by atoms with Crippen molar-refractivity contribution in [3.8, 4) is 0 Å². The van der Waals surface area contributed by atoms with Gasteiger partial charge >= 0.3 is 0 Å². The first-order valence-electron chi connectivity index (χ1n) is 2.61. The van der Waals surface area contributed by atoms with Crippen LogP contribution < -0.4 is 5.32 Å². The number of rotatable bonds is 4. The quantitative estimate of drug-likeness (QED) is 0.427. The predicted molar refractivity (Wildman–Crippen MR) is 31.5 cm³/mol. The zero-order valence-corrected chi connectivity index (χ0v) is 5.46. The SMILES string of the molecule is CNC(C)CO[N+](=O)[O-]. The summed E-state index contributed by atoms with van der Waals surface area (Å²) in [7, 11) is 1.72. The lowest BCUT2D eigenvalue weighted by molar-refractivity contribution is -0.758. The van der Waals surface area contributed by atoms with Crippen LogP contribution in [0.15, 0.2) is 0 Å². The normalized spacial score (nSPS) is 12.7. The molecular formula is C4H10N2O3. The van der Waals surface area contributed by atoms with Crippen LogP contribution in [-0.2, 0) is 4.84 Å². The molecule has 0 amide bonds. The molecule has 9 heavy (non-hydrogen) atoms. The molecule has 5 heteroatoms. The topological polar surface area (TPSA) is 64.4 Å². The third-order valence-electron chi connectivity index (χ3n) is 0.923. The summed E-state index contributed by atoms with van der Waals surface area (Å²) in [6, 6.07) is 0.0235. The van der Waals surface area contributed by atoms with Gasteiger partial charge in [-0.1, -0.05) is 0 Å². The van der Waals surface area contributed by atoms with E-state index in [4.69, 9.17) is 0 Å². The van der Waals surface area contributed by atoms with Crippen LogP contribution in [0.4, 0.5) is 0 Å². The van der Waals surface area contributed by atoms with E-state index < -0.39 is 5.09 Å². The van der Waals surface area contributed by atoms with Crippen LogP contribution in [0.3, 0.4) is 0 Å². The molecule has 0 aromatic carbocycles. The van der Waals surface area contributed by atoms with Gasteiger partial charge in [0.2, 0.25) is 0 Å². The fourth-order valence-electron chi connectivity index (χ4n) is 0.256. The Morgan fingerprint density at radius 2 is 2.44 bits per heavy atom. The molecule has 1 atom stereocenters. The minimum atomic E-state index is -0.798. The number of likely N-dealkylation sites (N-methyl/N-ethyl adjacent to an activating group) is 1. The molecule has 54 valence electrons. The molecule has 0 fully saturated rings. The van der Waals surface area contributed by atoms with E-state index in [0.717, 1.165) is 0 Å². The third-order valence-corrected chi connectivity index (χ3v) is 0.923. The van der Waals surface area contributed by atoms with Crippen molar-refractivity contribution in [2.24, 2.45) is 0 Å². The highest BCUT2D eigenvalue weighted by molar-refractivity contribution is 4.50. The zero-order valence-electron chi connectivity index (χ0n) is 5.46. The molecule has 5 nitrogen and oxygen atoms in total. The Kier molecular flexibility index (Phi) is 3.70. The van der Waals surface area contributed by atoms with Gasteiger partial charge in [0.15, 0.2) is 0 Å². The van der Waals surface area contributed by atoms with Crippen molar-refractivity contribution in [3.63, 3.8) is 0 Å². The van der Waals surface area contributed by atoms with Crippen molar-refractivity contribution in [3.05, 3.63) is 10.1 Å². The fraction of sp³-hybridized carbons (Fsp3) is 1.00. The Hall–Kier alpha value is -0.840. The van der Waals surface area contributed by atoms with Crippen molar-refractivity contribution < 1.29 is 9.92 Å². The average Bonchev–Trinajstić information content (AvgIpc) is 1.83. The molecule has 1 N–H and O–H groups in total. The first kappa shape index (κ1) is 8.16. The number of nitrogens with zero attached hydrogens (tertiary/aromatic N) is 1. The molecular weight excluding hydrogens is 124 g/mol. The number of hydrogen-bond donors (Lipinski definition) is 1. The van der Waals surface area contributed by atoms with Gasteiger partial charge in [-0.05, 0) is 14.0 Å². The molecule has 1 unspecified atom stereocenters. The fourth-order valence-corrected chi connectivity index (χ4v) is 0.256. The van der Waals surface area contributed by atoms with E-state index in [1.165, 1.54) is 0 Å². The van der Waals surface area contributed by atoms with Gasteiger partial charge in [0.25, 0.3) is 5.09 Å². The summed E-state index contributed by atoms with van der Waals surface area (Å²) < 4.78 is 0. The molecule has 0 heterocycles. The van der Waals surface area contributed by atoms with Gasteiger partial charge in [-0.2, -0.15) is 0 Å². The van der Waals surface area contributed by atoms with Crippen LogP contribution in [0.2, 0.25) is 0 Å². The second kappa shape index (κ2) is 4.08. The maximum Gasteiger partial charge on any atom is 0.294 e. The standard InChI is InChI=1S/C4H10N2O3/c1-4(5-2)3-9-6(7)8/h4-5H,3H2,1-2H3. The summed E-state index contributed by atoms with van der Waals surface area (Å²) in [5.74, 6) is 0. The van der Waals surface area contributed by atoms with E-state index in [1.54, 1.807) is 14.0 Å². The van der Waals surface area contributed by atoms with E-state index in [9.17, 15) is 10.1 Å². The van der Waals surface area contributed by atoms with Crippen LogP contribution in [-0.4, -0.2) is 24.8 Å². The summed E-state index contributed by atoms with van der Waals surface area (Å²) in [5, 5.41) is 11.6. The summed E-state index contributed by atoms with van der Waals surface area (Å²) >= 11 is 0. The van der Waals surface area contributed by atoms with E-state index in [-0.39, 0.29) is 12.6 Å². The molecule has 0 aliphatic rings. The largest absolute Gasteiger partial charge is 0.315 e. The second-order valence-electron chi connectivity index (χ2n) is 1.71. The number of nitrogens with one attached hydrogen (secondary N) is 1. The number of hydrogen-bond acceptors (Lipinski definition) is 4. The van der Waals surface area contributed by atoms with Crippen LogP contribution in [0, 0.1) is 10.1 Å². The van der Waals surface area contributed by atoms with Crippen LogP contribution >= 0.6 is 0 Å². The first-order valence-corrected chi connectivity index (χ1v) is 2.61. The minimum absolute atomic E-state index is 0.0235. The summed E-state index contributed by atoms with van der Waals surface area (Å²) in [6.07, 6.45) is 0. The molecule has 0 aliphatic carbocycles. The van der Waals surface area contributed by atoms with Crippen LogP contribution in [0.5, 0.6) is 0 Å². The van der Waals surface area contributed by atoms with E-state index in [0.29, 0.717) is 0 Å². The monoisotopic (exact) mass is 134 g/mol. The van der Waals surface area contributed by atoms with Gasteiger partial charge in [-0.15, -0.1) is 10.1 Å². The minimum Gasteiger partial charge on any atom is -0.315 e. The van der Waals surface area contributed by atoms with Gasteiger partial charge in [-0.25, -0.2) is 0 Å². The summed E-state index contributed by atoms with van der Waals surface area (Å²) in [4.78, 5) is 13.6. The molecule has 0 saturated carbocycles. The molecule has 0 spiro atoms. The molecule has 0 aliphatic heterocycles. The smallest absolute Gasteiger partial charge is 0.294 e. The Morgan fingerprint density at radius 1 is 1.89 bits per heavy atom. The lowest BCUT2D eigenvalue weighted by Gasteiger charge is -2.06. The van der Waals surface area contributed by atoms with E-state index >= 15 is 0 Å². The Balaban J connectivity index is 3.16. The predicted octanol–water partition coefficient (Wildman–Crippen LogP) is -0.197. The lowest BCUT2D eigenvalue weighted by Crippen LogP contribution is -2.27. The van der Waals surface area contributed by atoms with Crippen molar-refractivity contribution in [1.82, 2.24) is 5.32 Å². The Labute approximate surface area is 53.1 Å². The average molecular weight is 134 g/mol. The molecule has 0 rings (SSSR count). The van der Waals surface area contributed by atoms with Gasteiger partial charge in [0.05, 0.1) is 0 Å². The lowest BCUT2D eigenvalue weighted by atomic mass is 10.4. The van der Waals surface area contributed by atoms with Crippen molar-refractivity contribution >= 4 is 0 Å². The van der Waals surface area contributed by atoms with Crippen LogP contribution in [0.1, 0.15) is 6.92 Å². The second-order valence-corrected chi connectivity index (χ2v) is 1.71. The van der Waals surface area contributed by atoms with Gasteiger partial charge in [0, 0.05) is 6.04 Å². The molecule has 0 aromatic rings. The highest BCUT2D eigenvalue weighted by Gasteiger charge is 1.99. The van der Waals surface area contributed by atoms with E-state index in [2.05, 4.69) is 10.2 Å². The maximum absolute atomic E-state index is 9.58. The van der Waals surface area contributed by atoms with Crippen molar-refractivity contribution in [2.45, 2.75) is 13.0 Å². The zero-order chi connectivity index (χ0) is 7.28. The molecule has 0 aromatic heterocycles. The van der Waals surface area contributed by atoms with E-state index in [1.807, 2.05) is 0 Å². The highest BCUT2D eigenvalue weighted by atomic mass is 16.9. The van der Waals surface area contributed by atoms with Gasteiger partial charge in [-0.3, -0.25) is 0 Å². The summed E-state index contributed by atoms with van der Waals surface area (Å²) in [6.45, 7) is 1.90. The van der Waals surface area contributed by atoms with Crippen molar-refractivity contribution in [1.29, 1.82) is 0 Å². The molecule has 0 bridgehead atoms. The van der Waals surface area contributed by atoms with Crippen LogP contribution in [0.25, 0.3) is 0 Å².